The lowest BCUT2D eigenvalue weighted by molar-refractivity contribution is -0.117. The van der Waals surface area contributed by atoms with E-state index in [0.29, 0.717) is 5.92 Å². The maximum absolute atomic E-state index is 11.0. The van der Waals surface area contributed by atoms with E-state index in [4.69, 9.17) is 0 Å². The van der Waals surface area contributed by atoms with Gasteiger partial charge in [-0.25, -0.2) is 0 Å². The van der Waals surface area contributed by atoms with Crippen LogP contribution in [0.4, 0.5) is 0 Å². The Morgan fingerprint density at radius 3 is 2.73 bits per heavy atom. The molecule has 0 saturated carbocycles. The molecule has 1 saturated heterocycles. The summed E-state index contributed by atoms with van der Waals surface area (Å²) in [4.78, 5) is 13.3. The standard InChI is InChI=1S/C12H23NO2/c1-4-12(3,9-14)8-13-6-5-11(15)10(2)7-13/h9-11,15H,4-8H2,1-3H3. The van der Waals surface area contributed by atoms with Gasteiger partial charge in [-0.05, 0) is 18.8 Å². The molecule has 3 heteroatoms. The van der Waals surface area contributed by atoms with Gasteiger partial charge in [0.15, 0.2) is 0 Å². The van der Waals surface area contributed by atoms with Crippen LogP contribution in [0, 0.1) is 11.3 Å². The van der Waals surface area contributed by atoms with Gasteiger partial charge < -0.3 is 14.8 Å². The fourth-order valence-electron chi connectivity index (χ4n) is 2.11. The Balaban J connectivity index is 2.49. The predicted octanol–water partition coefficient (Wildman–Crippen LogP) is 1.30. The van der Waals surface area contributed by atoms with Crippen LogP contribution in [0.2, 0.25) is 0 Å². The molecule has 3 unspecified atom stereocenters. The third-order valence-corrected chi connectivity index (χ3v) is 3.62. The highest BCUT2D eigenvalue weighted by Gasteiger charge is 2.29. The van der Waals surface area contributed by atoms with Gasteiger partial charge in [0.25, 0.3) is 0 Å². The van der Waals surface area contributed by atoms with Crippen LogP contribution >= 0.6 is 0 Å². The molecule has 1 N–H and O–H groups in total. The summed E-state index contributed by atoms with van der Waals surface area (Å²) in [6.45, 7) is 8.77. The second-order valence-electron chi connectivity index (χ2n) is 5.19. The van der Waals surface area contributed by atoms with Crippen LogP contribution < -0.4 is 0 Å². The average Bonchev–Trinajstić information content (AvgIpc) is 2.23. The van der Waals surface area contributed by atoms with E-state index >= 15 is 0 Å². The van der Waals surface area contributed by atoms with E-state index in [2.05, 4.69) is 18.7 Å². The Labute approximate surface area is 92.5 Å². The van der Waals surface area contributed by atoms with Gasteiger partial charge in [-0.1, -0.05) is 20.8 Å². The monoisotopic (exact) mass is 213 g/mol. The smallest absolute Gasteiger partial charge is 0.127 e. The molecule has 88 valence electrons. The number of carbonyl (C=O) groups is 1. The summed E-state index contributed by atoms with van der Waals surface area (Å²) in [5.41, 5.74) is -0.220. The highest BCUT2D eigenvalue weighted by Crippen LogP contribution is 2.23. The molecule has 1 rings (SSSR count). The summed E-state index contributed by atoms with van der Waals surface area (Å²) < 4.78 is 0. The van der Waals surface area contributed by atoms with Crippen molar-refractivity contribution in [2.45, 2.75) is 39.7 Å². The van der Waals surface area contributed by atoms with Gasteiger partial charge in [-0.15, -0.1) is 0 Å². The lowest BCUT2D eigenvalue weighted by Crippen LogP contribution is -2.46. The zero-order chi connectivity index (χ0) is 11.5. The lowest BCUT2D eigenvalue weighted by Gasteiger charge is -2.38. The molecule has 0 aliphatic carbocycles. The topological polar surface area (TPSA) is 40.5 Å². The number of aliphatic hydroxyl groups is 1. The number of hydrogen-bond donors (Lipinski definition) is 1. The van der Waals surface area contributed by atoms with Crippen LogP contribution in [0.5, 0.6) is 0 Å². The molecule has 0 radical (unpaired) electrons. The minimum atomic E-state index is -0.220. The van der Waals surface area contributed by atoms with E-state index in [1.165, 1.54) is 0 Å². The van der Waals surface area contributed by atoms with Crippen molar-refractivity contribution in [2.24, 2.45) is 11.3 Å². The van der Waals surface area contributed by atoms with Crippen molar-refractivity contribution in [3.63, 3.8) is 0 Å². The third kappa shape index (κ3) is 3.28. The van der Waals surface area contributed by atoms with Gasteiger partial charge in [-0.3, -0.25) is 0 Å². The molecule has 3 nitrogen and oxygen atoms in total. The number of nitrogens with zero attached hydrogens (tertiary/aromatic N) is 1. The first-order valence-corrected chi connectivity index (χ1v) is 5.87. The molecule has 0 bridgehead atoms. The molecule has 0 spiro atoms. The predicted molar refractivity (Wildman–Crippen MR) is 60.7 cm³/mol. The summed E-state index contributed by atoms with van der Waals surface area (Å²) in [5.74, 6) is 0.325. The fourth-order valence-corrected chi connectivity index (χ4v) is 2.11. The van der Waals surface area contributed by atoms with Crippen molar-refractivity contribution >= 4 is 6.29 Å². The van der Waals surface area contributed by atoms with Crippen LogP contribution in [-0.4, -0.2) is 42.0 Å². The Morgan fingerprint density at radius 2 is 2.27 bits per heavy atom. The van der Waals surface area contributed by atoms with Crippen LogP contribution in [0.3, 0.4) is 0 Å². The Hall–Kier alpha value is -0.410. The first-order valence-electron chi connectivity index (χ1n) is 5.87. The molecule has 15 heavy (non-hydrogen) atoms. The van der Waals surface area contributed by atoms with Gasteiger partial charge in [0.05, 0.1) is 6.10 Å². The molecule has 0 amide bonds. The van der Waals surface area contributed by atoms with E-state index < -0.39 is 0 Å². The summed E-state index contributed by atoms with van der Waals surface area (Å²) >= 11 is 0. The molecule has 0 aromatic heterocycles. The Bertz CT molecular complexity index is 220. The number of aliphatic hydroxyl groups excluding tert-OH is 1. The molecule has 1 aliphatic heterocycles. The fraction of sp³-hybridized carbons (Fsp3) is 0.917. The number of rotatable bonds is 4. The first kappa shape index (κ1) is 12.7. The van der Waals surface area contributed by atoms with Crippen molar-refractivity contribution in [1.82, 2.24) is 4.90 Å². The van der Waals surface area contributed by atoms with Crippen molar-refractivity contribution in [1.29, 1.82) is 0 Å². The zero-order valence-electron chi connectivity index (χ0n) is 10.1. The van der Waals surface area contributed by atoms with Crippen LogP contribution in [-0.2, 0) is 4.79 Å². The number of carbonyl (C=O) groups excluding carboxylic acids is 1. The van der Waals surface area contributed by atoms with Crippen molar-refractivity contribution in [3.8, 4) is 0 Å². The minimum Gasteiger partial charge on any atom is -0.393 e. The molecule has 3 atom stereocenters. The quantitative estimate of drug-likeness (QED) is 0.716. The Kier molecular flexibility index (Phi) is 4.29. The van der Waals surface area contributed by atoms with E-state index in [1.54, 1.807) is 0 Å². The summed E-state index contributed by atoms with van der Waals surface area (Å²) in [6.07, 6.45) is 2.62. The second-order valence-corrected chi connectivity index (χ2v) is 5.19. The van der Waals surface area contributed by atoms with Gasteiger partial charge in [0.2, 0.25) is 0 Å². The van der Waals surface area contributed by atoms with Crippen LogP contribution in [0.1, 0.15) is 33.6 Å². The molecule has 0 aromatic rings. The molecule has 1 aliphatic rings. The van der Waals surface area contributed by atoms with E-state index in [-0.39, 0.29) is 11.5 Å². The molecular formula is C12H23NO2. The maximum atomic E-state index is 11.0. The summed E-state index contributed by atoms with van der Waals surface area (Å²) in [5, 5.41) is 9.61. The van der Waals surface area contributed by atoms with Gasteiger partial charge in [0.1, 0.15) is 6.29 Å². The number of aldehydes is 1. The molecule has 1 fully saturated rings. The van der Waals surface area contributed by atoms with Crippen molar-refractivity contribution in [3.05, 3.63) is 0 Å². The van der Waals surface area contributed by atoms with E-state index in [1.807, 2.05) is 6.92 Å². The first-order chi connectivity index (χ1) is 7.00. The van der Waals surface area contributed by atoms with Gasteiger partial charge in [-0.2, -0.15) is 0 Å². The Morgan fingerprint density at radius 1 is 1.60 bits per heavy atom. The van der Waals surface area contributed by atoms with Crippen molar-refractivity contribution in [2.75, 3.05) is 19.6 Å². The largest absolute Gasteiger partial charge is 0.393 e. The summed E-state index contributed by atoms with van der Waals surface area (Å²) in [6, 6.07) is 0. The van der Waals surface area contributed by atoms with E-state index in [0.717, 1.165) is 38.8 Å². The summed E-state index contributed by atoms with van der Waals surface area (Å²) in [7, 11) is 0. The third-order valence-electron chi connectivity index (χ3n) is 3.62. The second kappa shape index (κ2) is 5.08. The maximum Gasteiger partial charge on any atom is 0.127 e. The van der Waals surface area contributed by atoms with Crippen LogP contribution in [0.15, 0.2) is 0 Å². The molecule has 0 aromatic carbocycles. The zero-order valence-corrected chi connectivity index (χ0v) is 10.1. The van der Waals surface area contributed by atoms with Gasteiger partial charge in [0, 0.05) is 25.0 Å². The number of hydrogen-bond acceptors (Lipinski definition) is 3. The van der Waals surface area contributed by atoms with E-state index in [9.17, 15) is 9.90 Å². The molecule has 1 heterocycles. The number of likely N-dealkylation sites (tertiary alicyclic amines) is 1. The lowest BCUT2D eigenvalue weighted by atomic mass is 9.87. The normalized spacial score (nSPS) is 32.3. The molecular weight excluding hydrogens is 190 g/mol. The average molecular weight is 213 g/mol. The van der Waals surface area contributed by atoms with Crippen molar-refractivity contribution < 1.29 is 9.90 Å². The highest BCUT2D eigenvalue weighted by atomic mass is 16.3. The van der Waals surface area contributed by atoms with Gasteiger partial charge >= 0.3 is 0 Å². The minimum absolute atomic E-state index is 0.162. The number of piperidine rings is 1. The van der Waals surface area contributed by atoms with Crippen LogP contribution in [0.25, 0.3) is 0 Å². The SMILES string of the molecule is CCC(C)(C=O)CN1CCC(O)C(C)C1. The highest BCUT2D eigenvalue weighted by molar-refractivity contribution is 5.58.